The van der Waals surface area contributed by atoms with Crippen LogP contribution >= 0.6 is 23.1 Å². The third kappa shape index (κ3) is 4.13. The van der Waals surface area contributed by atoms with E-state index in [0.717, 1.165) is 27.4 Å². The summed E-state index contributed by atoms with van der Waals surface area (Å²) in [6.45, 7) is 7.91. The number of ether oxygens (including phenoxy) is 1. The van der Waals surface area contributed by atoms with Crippen LogP contribution in [0.1, 0.15) is 42.4 Å². The number of esters is 1. The molecular weight excluding hydrogens is 454 g/mol. The summed E-state index contributed by atoms with van der Waals surface area (Å²) < 4.78 is 9.68. The highest BCUT2D eigenvalue weighted by atomic mass is 32.2. The van der Waals surface area contributed by atoms with Crippen molar-refractivity contribution in [3.63, 3.8) is 0 Å². The zero-order valence-corrected chi connectivity index (χ0v) is 21.3. The van der Waals surface area contributed by atoms with Gasteiger partial charge in [0.1, 0.15) is 0 Å². The molecule has 0 spiro atoms. The van der Waals surface area contributed by atoms with Gasteiger partial charge < -0.3 is 9.30 Å². The van der Waals surface area contributed by atoms with Crippen LogP contribution in [-0.2, 0) is 16.6 Å². The van der Waals surface area contributed by atoms with E-state index in [0.29, 0.717) is 20.6 Å². The van der Waals surface area contributed by atoms with Crippen LogP contribution in [0.5, 0.6) is 0 Å². The summed E-state index contributed by atoms with van der Waals surface area (Å²) in [5.74, 6) is -0.443. The van der Waals surface area contributed by atoms with E-state index in [2.05, 4.69) is 15.6 Å². The SMILES string of the molecule is CCOC(=O)C1=C(C)N=c2sc(=Cc3cc(C)n(C)c3C)c(=O)n2C1c1ccc(SC)cc1. The van der Waals surface area contributed by atoms with E-state index in [1.54, 1.807) is 30.2 Å². The molecule has 1 aliphatic rings. The lowest BCUT2D eigenvalue weighted by atomic mass is 9.96. The summed E-state index contributed by atoms with van der Waals surface area (Å²) >= 11 is 2.99. The van der Waals surface area contributed by atoms with E-state index in [1.165, 1.54) is 11.3 Å². The van der Waals surface area contributed by atoms with Crippen molar-refractivity contribution in [1.82, 2.24) is 9.13 Å². The molecule has 0 N–H and O–H groups in total. The van der Waals surface area contributed by atoms with Gasteiger partial charge >= 0.3 is 5.97 Å². The minimum atomic E-state index is -0.586. The van der Waals surface area contributed by atoms with Crippen LogP contribution in [0, 0.1) is 13.8 Å². The second kappa shape index (κ2) is 9.19. The monoisotopic (exact) mass is 481 g/mol. The van der Waals surface area contributed by atoms with E-state index in [1.807, 2.05) is 57.5 Å². The van der Waals surface area contributed by atoms with Crippen molar-refractivity contribution in [3.05, 3.63) is 83.8 Å². The maximum Gasteiger partial charge on any atom is 0.338 e. The number of allylic oxidation sites excluding steroid dienone is 1. The third-order valence-electron chi connectivity index (χ3n) is 6.05. The fraction of sp³-hybridized carbons (Fsp3) is 0.320. The quantitative estimate of drug-likeness (QED) is 0.413. The molecule has 172 valence electrons. The number of nitrogens with zero attached hydrogens (tertiary/aromatic N) is 3. The third-order valence-corrected chi connectivity index (χ3v) is 7.78. The van der Waals surface area contributed by atoms with E-state index in [-0.39, 0.29) is 12.2 Å². The molecule has 0 aliphatic carbocycles. The molecule has 1 atom stereocenters. The number of fused-ring (bicyclic) bond motifs is 1. The summed E-state index contributed by atoms with van der Waals surface area (Å²) in [6.07, 6.45) is 3.93. The zero-order chi connectivity index (χ0) is 23.9. The molecule has 0 fully saturated rings. The molecule has 8 heteroatoms. The van der Waals surface area contributed by atoms with Gasteiger partial charge in [0.05, 0.1) is 28.5 Å². The van der Waals surface area contributed by atoms with Crippen molar-refractivity contribution >= 4 is 35.1 Å². The Hall–Kier alpha value is -2.84. The zero-order valence-electron chi connectivity index (χ0n) is 19.6. The number of carbonyl (C=O) groups excluding carboxylic acids is 1. The number of thioether (sulfide) groups is 1. The molecule has 2 aromatic heterocycles. The van der Waals surface area contributed by atoms with Gasteiger partial charge in [-0.25, -0.2) is 9.79 Å². The standard InChI is InChI=1S/C25H27N3O3S2/c1-7-31-24(30)21-15(3)26-25-28(22(21)17-8-10-19(32-6)11-9-17)23(29)20(33-25)13-18-12-14(2)27(5)16(18)4/h8-13,22H,7H2,1-6H3. The first kappa shape index (κ1) is 23.3. The normalized spacial score (nSPS) is 16.1. The Morgan fingerprint density at radius 1 is 1.24 bits per heavy atom. The molecule has 1 unspecified atom stereocenters. The topological polar surface area (TPSA) is 65.6 Å². The molecule has 0 saturated carbocycles. The molecule has 1 aliphatic heterocycles. The van der Waals surface area contributed by atoms with Gasteiger partial charge in [0.25, 0.3) is 5.56 Å². The van der Waals surface area contributed by atoms with Crippen molar-refractivity contribution in [3.8, 4) is 0 Å². The Bertz CT molecular complexity index is 1440. The van der Waals surface area contributed by atoms with Crippen molar-refractivity contribution in [2.45, 2.75) is 38.6 Å². The summed E-state index contributed by atoms with van der Waals surface area (Å²) in [6, 6.07) is 9.43. The first-order valence-electron chi connectivity index (χ1n) is 10.7. The summed E-state index contributed by atoms with van der Waals surface area (Å²) in [5, 5.41) is 0. The molecule has 1 aromatic carbocycles. The van der Waals surface area contributed by atoms with Gasteiger partial charge in [-0.2, -0.15) is 0 Å². The number of aryl methyl sites for hydroxylation is 1. The molecule has 0 bridgehead atoms. The van der Waals surface area contributed by atoms with Gasteiger partial charge in [-0.15, -0.1) is 11.8 Å². The molecule has 0 radical (unpaired) electrons. The van der Waals surface area contributed by atoms with Crippen LogP contribution in [0.25, 0.3) is 6.08 Å². The van der Waals surface area contributed by atoms with Crippen LogP contribution < -0.4 is 14.9 Å². The molecule has 3 aromatic rings. The number of benzene rings is 1. The van der Waals surface area contributed by atoms with E-state index >= 15 is 0 Å². The number of hydrogen-bond donors (Lipinski definition) is 0. The van der Waals surface area contributed by atoms with Crippen LogP contribution in [0.15, 0.2) is 56.3 Å². The highest BCUT2D eigenvalue weighted by Crippen LogP contribution is 2.31. The molecular formula is C25H27N3O3S2. The fourth-order valence-electron chi connectivity index (χ4n) is 4.06. The second-order valence-corrected chi connectivity index (χ2v) is 9.85. The number of thiazole rings is 1. The lowest BCUT2D eigenvalue weighted by Crippen LogP contribution is -2.39. The van der Waals surface area contributed by atoms with Crippen molar-refractivity contribution in [2.75, 3.05) is 12.9 Å². The summed E-state index contributed by atoms with van der Waals surface area (Å²) in [5.41, 5.74) is 4.89. The van der Waals surface area contributed by atoms with Crippen LogP contribution in [-0.4, -0.2) is 28.0 Å². The van der Waals surface area contributed by atoms with E-state index < -0.39 is 12.0 Å². The smallest absolute Gasteiger partial charge is 0.338 e. The average molecular weight is 482 g/mol. The van der Waals surface area contributed by atoms with E-state index in [4.69, 9.17) is 4.74 Å². The van der Waals surface area contributed by atoms with Gasteiger partial charge in [0.2, 0.25) is 0 Å². The van der Waals surface area contributed by atoms with Gasteiger partial charge in [-0.3, -0.25) is 9.36 Å². The summed E-state index contributed by atoms with van der Waals surface area (Å²) in [4.78, 5) is 32.9. The van der Waals surface area contributed by atoms with Gasteiger partial charge in [0.15, 0.2) is 4.80 Å². The molecule has 0 saturated heterocycles. The Morgan fingerprint density at radius 3 is 2.52 bits per heavy atom. The highest BCUT2D eigenvalue weighted by Gasteiger charge is 2.33. The van der Waals surface area contributed by atoms with Crippen LogP contribution in [0.3, 0.4) is 0 Å². The lowest BCUT2D eigenvalue weighted by molar-refractivity contribution is -0.139. The summed E-state index contributed by atoms with van der Waals surface area (Å²) in [7, 11) is 2.01. The van der Waals surface area contributed by atoms with Crippen molar-refractivity contribution in [1.29, 1.82) is 0 Å². The molecule has 6 nitrogen and oxygen atoms in total. The van der Waals surface area contributed by atoms with Crippen LogP contribution in [0.2, 0.25) is 0 Å². The molecule has 0 amide bonds. The first-order chi connectivity index (χ1) is 15.8. The number of rotatable bonds is 5. The van der Waals surface area contributed by atoms with Gasteiger partial charge in [0, 0.05) is 23.3 Å². The Labute approximate surface area is 200 Å². The molecule has 4 rings (SSSR count). The number of hydrogen-bond acceptors (Lipinski definition) is 6. The lowest BCUT2D eigenvalue weighted by Gasteiger charge is -2.24. The Balaban J connectivity index is 1.96. The second-order valence-electron chi connectivity index (χ2n) is 7.96. The molecule has 3 heterocycles. The van der Waals surface area contributed by atoms with Gasteiger partial charge in [-0.05, 0) is 69.4 Å². The largest absolute Gasteiger partial charge is 0.463 e. The number of carbonyl (C=O) groups is 1. The Morgan fingerprint density at radius 2 is 1.94 bits per heavy atom. The Kier molecular flexibility index (Phi) is 6.50. The van der Waals surface area contributed by atoms with E-state index in [9.17, 15) is 9.59 Å². The molecule has 33 heavy (non-hydrogen) atoms. The minimum absolute atomic E-state index is 0.159. The number of aromatic nitrogens is 2. The first-order valence-corrected chi connectivity index (χ1v) is 12.8. The maximum atomic E-state index is 13.7. The highest BCUT2D eigenvalue weighted by molar-refractivity contribution is 7.98. The van der Waals surface area contributed by atoms with Crippen LogP contribution in [0.4, 0.5) is 0 Å². The maximum absolute atomic E-state index is 13.7. The fourth-order valence-corrected chi connectivity index (χ4v) is 5.51. The predicted octanol–water partition coefficient (Wildman–Crippen LogP) is 3.48. The average Bonchev–Trinajstić information content (AvgIpc) is 3.23. The minimum Gasteiger partial charge on any atom is -0.463 e. The van der Waals surface area contributed by atoms with Crippen molar-refractivity contribution in [2.24, 2.45) is 12.0 Å². The van der Waals surface area contributed by atoms with Gasteiger partial charge in [-0.1, -0.05) is 23.5 Å². The van der Waals surface area contributed by atoms with Crippen molar-refractivity contribution < 1.29 is 9.53 Å². The predicted molar refractivity (Wildman–Crippen MR) is 134 cm³/mol.